The summed E-state index contributed by atoms with van der Waals surface area (Å²) in [6.07, 6.45) is 0. The second kappa shape index (κ2) is 3.63. The van der Waals surface area contributed by atoms with Crippen molar-refractivity contribution in [2.75, 3.05) is 0 Å². The highest BCUT2D eigenvalue weighted by Gasteiger charge is 2.34. The second-order valence-corrected chi connectivity index (χ2v) is 4.23. The van der Waals surface area contributed by atoms with E-state index in [2.05, 4.69) is 0 Å². The first-order chi connectivity index (χ1) is 8.58. The zero-order valence-electron chi connectivity index (χ0n) is 9.15. The third-order valence-corrected chi connectivity index (χ3v) is 3.19. The number of hydrogen-bond donors (Lipinski definition) is 1. The molecule has 2 aromatic carbocycles. The fourth-order valence-electron chi connectivity index (χ4n) is 2.47. The van der Waals surface area contributed by atoms with Gasteiger partial charge in [0.1, 0.15) is 17.6 Å². The predicted octanol–water partition coefficient (Wildman–Crippen LogP) is 3.16. The Bertz CT molecular complexity index is 613. The molecule has 3 rings (SSSR count). The number of hydrogen-bond acceptors (Lipinski definition) is 1. The minimum Gasteiger partial charge on any atom is -0.481 e. The quantitative estimate of drug-likeness (QED) is 0.839. The maximum Gasteiger partial charge on any atom is 0.315 e. The largest absolute Gasteiger partial charge is 0.481 e. The molecule has 18 heavy (non-hydrogen) atoms. The Kier molecular flexibility index (Phi) is 2.20. The van der Waals surface area contributed by atoms with Crippen LogP contribution in [0.25, 0.3) is 11.1 Å². The summed E-state index contributed by atoms with van der Waals surface area (Å²) in [4.78, 5) is 11.3. The van der Waals surface area contributed by atoms with Crippen molar-refractivity contribution in [2.45, 2.75) is 5.92 Å². The zero-order chi connectivity index (χ0) is 12.9. The van der Waals surface area contributed by atoms with Crippen molar-refractivity contribution in [3.8, 4) is 11.1 Å². The molecule has 0 aliphatic heterocycles. The van der Waals surface area contributed by atoms with Crippen molar-refractivity contribution >= 4 is 5.97 Å². The number of rotatable bonds is 1. The monoisotopic (exact) mass is 246 g/mol. The van der Waals surface area contributed by atoms with Gasteiger partial charge in [-0.3, -0.25) is 4.79 Å². The third-order valence-electron chi connectivity index (χ3n) is 3.19. The number of carbonyl (C=O) groups is 1. The van der Waals surface area contributed by atoms with Crippen LogP contribution < -0.4 is 0 Å². The smallest absolute Gasteiger partial charge is 0.315 e. The van der Waals surface area contributed by atoms with E-state index in [1.165, 1.54) is 36.4 Å². The fourth-order valence-corrected chi connectivity index (χ4v) is 2.47. The number of carboxylic acid groups (broad SMARTS) is 1. The van der Waals surface area contributed by atoms with Gasteiger partial charge in [0.05, 0.1) is 0 Å². The molecule has 0 aromatic heterocycles. The van der Waals surface area contributed by atoms with E-state index in [1.54, 1.807) is 0 Å². The van der Waals surface area contributed by atoms with Gasteiger partial charge in [0, 0.05) is 0 Å². The summed E-state index contributed by atoms with van der Waals surface area (Å²) in [6.45, 7) is 0. The molecule has 2 aromatic rings. The van der Waals surface area contributed by atoms with Crippen LogP contribution >= 0.6 is 0 Å². The van der Waals surface area contributed by atoms with E-state index in [0.717, 1.165) is 0 Å². The van der Waals surface area contributed by atoms with E-state index in [9.17, 15) is 18.7 Å². The molecule has 2 nitrogen and oxygen atoms in total. The van der Waals surface area contributed by atoms with Gasteiger partial charge in [0.15, 0.2) is 0 Å². The lowest BCUT2D eigenvalue weighted by atomic mass is 9.97. The first-order valence-corrected chi connectivity index (χ1v) is 5.40. The van der Waals surface area contributed by atoms with E-state index in [-0.39, 0.29) is 0 Å². The molecule has 0 fully saturated rings. The van der Waals surface area contributed by atoms with Crippen LogP contribution in [0.5, 0.6) is 0 Å². The van der Waals surface area contributed by atoms with Crippen LogP contribution in [-0.4, -0.2) is 11.1 Å². The molecule has 0 spiro atoms. The summed E-state index contributed by atoms with van der Waals surface area (Å²) in [5.41, 5.74) is 2.06. The standard InChI is InChI=1S/C14H8F2O2/c15-7-1-3-9-10-4-2-8(16)6-12(10)13(14(17)18)11(9)5-7/h1-6,13H,(H,17,18). The summed E-state index contributed by atoms with van der Waals surface area (Å²) >= 11 is 0. The van der Waals surface area contributed by atoms with E-state index >= 15 is 0 Å². The molecule has 90 valence electrons. The van der Waals surface area contributed by atoms with Crippen LogP contribution in [-0.2, 0) is 4.79 Å². The Labute approximate surface area is 101 Å². The number of benzene rings is 2. The Morgan fingerprint density at radius 1 is 0.944 bits per heavy atom. The maximum atomic E-state index is 13.2. The summed E-state index contributed by atoms with van der Waals surface area (Å²) in [6, 6.07) is 8.01. The van der Waals surface area contributed by atoms with Crippen LogP contribution in [0.4, 0.5) is 8.78 Å². The molecular weight excluding hydrogens is 238 g/mol. The van der Waals surface area contributed by atoms with Crippen molar-refractivity contribution in [1.82, 2.24) is 0 Å². The van der Waals surface area contributed by atoms with Crippen molar-refractivity contribution < 1.29 is 18.7 Å². The van der Waals surface area contributed by atoms with Gasteiger partial charge >= 0.3 is 5.97 Å². The van der Waals surface area contributed by atoms with Gasteiger partial charge in [0.2, 0.25) is 0 Å². The number of carboxylic acids is 1. The summed E-state index contributed by atoms with van der Waals surface area (Å²) in [5, 5.41) is 9.24. The summed E-state index contributed by atoms with van der Waals surface area (Å²) in [5.74, 6) is -3.09. The topological polar surface area (TPSA) is 37.3 Å². The normalized spacial score (nSPS) is 13.2. The average Bonchev–Trinajstić information content (AvgIpc) is 2.60. The first kappa shape index (κ1) is 10.9. The molecule has 4 heteroatoms. The Balaban J connectivity index is 2.33. The molecule has 0 radical (unpaired) electrons. The van der Waals surface area contributed by atoms with Crippen molar-refractivity contribution in [1.29, 1.82) is 0 Å². The third kappa shape index (κ3) is 1.42. The Morgan fingerprint density at radius 3 is 1.78 bits per heavy atom. The lowest BCUT2D eigenvalue weighted by Gasteiger charge is -2.07. The Hall–Kier alpha value is -2.23. The molecule has 0 heterocycles. The molecule has 1 aliphatic rings. The highest BCUT2D eigenvalue weighted by molar-refractivity contribution is 5.92. The predicted molar refractivity (Wildman–Crippen MR) is 61.3 cm³/mol. The minimum atomic E-state index is -1.11. The molecule has 0 amide bonds. The van der Waals surface area contributed by atoms with Gasteiger partial charge in [0.25, 0.3) is 0 Å². The summed E-state index contributed by atoms with van der Waals surface area (Å²) < 4.78 is 26.5. The molecular formula is C14H8F2O2. The van der Waals surface area contributed by atoms with Crippen molar-refractivity contribution in [2.24, 2.45) is 0 Å². The molecule has 0 saturated heterocycles. The molecule has 0 atom stereocenters. The van der Waals surface area contributed by atoms with Gasteiger partial charge in [-0.1, -0.05) is 12.1 Å². The van der Waals surface area contributed by atoms with Crippen LogP contribution in [0, 0.1) is 11.6 Å². The lowest BCUT2D eigenvalue weighted by molar-refractivity contribution is -0.137. The van der Waals surface area contributed by atoms with Crippen LogP contribution in [0.1, 0.15) is 17.0 Å². The van der Waals surface area contributed by atoms with Gasteiger partial charge < -0.3 is 5.11 Å². The summed E-state index contributed by atoms with van der Waals surface area (Å²) in [7, 11) is 0. The van der Waals surface area contributed by atoms with Gasteiger partial charge in [-0.05, 0) is 46.5 Å². The van der Waals surface area contributed by atoms with E-state index < -0.39 is 23.5 Å². The van der Waals surface area contributed by atoms with E-state index in [0.29, 0.717) is 22.3 Å². The maximum absolute atomic E-state index is 13.2. The van der Waals surface area contributed by atoms with Crippen LogP contribution in [0.15, 0.2) is 36.4 Å². The van der Waals surface area contributed by atoms with E-state index in [4.69, 9.17) is 0 Å². The molecule has 1 aliphatic carbocycles. The SMILES string of the molecule is O=C(O)C1c2cc(F)ccc2-c2ccc(F)cc21. The fraction of sp³-hybridized carbons (Fsp3) is 0.0714. The zero-order valence-corrected chi connectivity index (χ0v) is 9.15. The number of halogens is 2. The molecule has 0 unspecified atom stereocenters. The van der Waals surface area contributed by atoms with Gasteiger partial charge in [-0.2, -0.15) is 0 Å². The molecule has 0 saturated carbocycles. The lowest BCUT2D eigenvalue weighted by Crippen LogP contribution is -2.10. The van der Waals surface area contributed by atoms with E-state index in [1.807, 2.05) is 0 Å². The van der Waals surface area contributed by atoms with Gasteiger partial charge in [-0.25, -0.2) is 8.78 Å². The number of aliphatic carboxylic acids is 1. The average molecular weight is 246 g/mol. The molecule has 1 N–H and O–H groups in total. The molecule has 0 bridgehead atoms. The van der Waals surface area contributed by atoms with Gasteiger partial charge in [-0.15, -0.1) is 0 Å². The van der Waals surface area contributed by atoms with Crippen LogP contribution in [0.2, 0.25) is 0 Å². The Morgan fingerprint density at radius 2 is 1.39 bits per heavy atom. The second-order valence-electron chi connectivity index (χ2n) is 4.23. The van der Waals surface area contributed by atoms with Crippen molar-refractivity contribution in [3.63, 3.8) is 0 Å². The highest BCUT2D eigenvalue weighted by Crippen LogP contribution is 2.45. The minimum absolute atomic E-state index is 0.378. The first-order valence-electron chi connectivity index (χ1n) is 5.40. The highest BCUT2D eigenvalue weighted by atomic mass is 19.1. The van der Waals surface area contributed by atoms with Crippen molar-refractivity contribution in [3.05, 3.63) is 59.2 Å². The van der Waals surface area contributed by atoms with Crippen LogP contribution in [0.3, 0.4) is 0 Å². The number of fused-ring (bicyclic) bond motifs is 3.